The van der Waals surface area contributed by atoms with Crippen molar-refractivity contribution in [3.63, 3.8) is 0 Å². The van der Waals surface area contributed by atoms with Crippen LogP contribution in [0.4, 0.5) is 0 Å². The number of nitrogens with zero attached hydrogens (tertiary/aromatic N) is 2. The van der Waals surface area contributed by atoms with Crippen LogP contribution >= 0.6 is 0 Å². The number of aliphatic hydroxyl groups is 1. The van der Waals surface area contributed by atoms with Crippen LogP contribution in [0.1, 0.15) is 6.42 Å². The first kappa shape index (κ1) is 25.8. The molecule has 0 aromatic rings. The van der Waals surface area contributed by atoms with Gasteiger partial charge in [-0.3, -0.25) is 9.80 Å². The number of carboxylic acids is 2. The number of rotatable bonds is 13. The van der Waals surface area contributed by atoms with E-state index in [1.807, 2.05) is 0 Å². The number of carboxylic acid groups (broad SMARTS) is 2. The molecule has 1 unspecified atom stereocenters. The summed E-state index contributed by atoms with van der Waals surface area (Å²) in [5.74, 6) is -2.55. The van der Waals surface area contributed by atoms with Crippen LogP contribution in [0, 0.1) is 0 Å². The Labute approximate surface area is 154 Å². The molecule has 10 heteroatoms. The van der Waals surface area contributed by atoms with Crippen molar-refractivity contribution in [2.45, 2.75) is 38.4 Å². The van der Waals surface area contributed by atoms with Gasteiger partial charge in [-0.05, 0) is 19.3 Å². The standard InChI is InChI=1S/C14H29N2O6Si.Cu/c1-23(2,3)8-4-5-15(9-12(17)18)6-7-16(10-13(19)20)11-14(21)22;/h13,19H,4-11H2,1-3H3,(H,17,18)(H,21,22);/q-1;+2/p-2. The molecular weight excluding hydrogens is 384 g/mol. The summed E-state index contributed by atoms with van der Waals surface area (Å²) in [6.45, 7) is 6.62. The fourth-order valence-corrected chi connectivity index (χ4v) is 3.43. The maximum absolute atomic E-state index is 10.8. The largest absolute Gasteiger partial charge is 2.00 e. The second-order valence-corrected chi connectivity index (χ2v) is 12.5. The van der Waals surface area contributed by atoms with Crippen molar-refractivity contribution >= 4 is 20.0 Å². The zero-order valence-electron chi connectivity index (χ0n) is 14.4. The zero-order chi connectivity index (χ0) is 18.0. The Morgan fingerprint density at radius 1 is 1.00 bits per heavy atom. The second kappa shape index (κ2) is 12.8. The molecule has 8 nitrogen and oxygen atoms in total. The van der Waals surface area contributed by atoms with Crippen LogP contribution in [0.25, 0.3) is 0 Å². The maximum atomic E-state index is 10.8. The van der Waals surface area contributed by atoms with E-state index in [4.69, 9.17) is 5.11 Å². The summed E-state index contributed by atoms with van der Waals surface area (Å²) < 4.78 is 0. The minimum atomic E-state index is -1.91. The van der Waals surface area contributed by atoms with Crippen molar-refractivity contribution in [2.75, 3.05) is 39.3 Å². The van der Waals surface area contributed by atoms with E-state index in [1.54, 1.807) is 4.90 Å². The molecule has 1 atom stereocenters. The first-order chi connectivity index (χ1) is 10.5. The molecule has 0 spiro atoms. The second-order valence-electron chi connectivity index (χ2n) is 6.87. The molecule has 0 bridgehead atoms. The summed E-state index contributed by atoms with van der Waals surface area (Å²) in [7, 11) is -1.21. The van der Waals surface area contributed by atoms with Gasteiger partial charge in [0.1, 0.15) is 0 Å². The summed E-state index contributed by atoms with van der Waals surface area (Å²) in [6.07, 6.45) is -1.05. The van der Waals surface area contributed by atoms with Crippen molar-refractivity contribution in [3.8, 4) is 0 Å². The van der Waals surface area contributed by atoms with Crippen molar-refractivity contribution in [3.05, 3.63) is 0 Å². The molecule has 0 saturated carbocycles. The van der Waals surface area contributed by atoms with Gasteiger partial charge in [0.05, 0.1) is 11.9 Å². The minimum Gasteiger partial charge on any atom is -0.830 e. The predicted octanol–water partition coefficient (Wildman–Crippen LogP) is -3.51. The molecule has 0 aliphatic carbocycles. The summed E-state index contributed by atoms with van der Waals surface area (Å²) in [5, 5.41) is 41.1. The smallest absolute Gasteiger partial charge is 0.830 e. The molecule has 0 heterocycles. The van der Waals surface area contributed by atoms with E-state index in [2.05, 4.69) is 19.6 Å². The number of hydrogen-bond acceptors (Lipinski definition) is 8. The fraction of sp³-hybridized carbons (Fsp3) is 0.857. The average molecular weight is 411 g/mol. The van der Waals surface area contributed by atoms with Crippen molar-refractivity contribution in [1.29, 1.82) is 0 Å². The predicted molar refractivity (Wildman–Crippen MR) is 81.7 cm³/mol. The average Bonchev–Trinajstić information content (AvgIpc) is 2.31. The molecule has 0 amide bonds. The van der Waals surface area contributed by atoms with E-state index in [9.17, 15) is 24.9 Å². The molecule has 0 rings (SSSR count). The number of aliphatic carboxylic acids is 2. The van der Waals surface area contributed by atoms with Gasteiger partial charge in [0.15, 0.2) is 0 Å². The fourth-order valence-electron chi connectivity index (χ4n) is 2.21. The first-order valence-electron chi connectivity index (χ1n) is 7.68. The van der Waals surface area contributed by atoms with Crippen LogP contribution in [0.5, 0.6) is 0 Å². The van der Waals surface area contributed by atoms with Crippen LogP contribution in [-0.2, 0) is 26.7 Å². The molecule has 0 aromatic heterocycles. The van der Waals surface area contributed by atoms with E-state index in [0.717, 1.165) is 12.5 Å². The molecule has 0 aromatic carbocycles. The molecule has 0 fully saturated rings. The quantitative estimate of drug-likeness (QED) is 0.244. The van der Waals surface area contributed by atoms with Gasteiger partial charge in [-0.1, -0.05) is 25.7 Å². The molecule has 0 aliphatic rings. The summed E-state index contributed by atoms with van der Waals surface area (Å²) in [6, 6.07) is 1.05. The number of carbonyl (C=O) groups is 2. The van der Waals surface area contributed by atoms with E-state index in [0.29, 0.717) is 6.54 Å². The van der Waals surface area contributed by atoms with Crippen molar-refractivity contribution < 1.29 is 47.1 Å². The van der Waals surface area contributed by atoms with Gasteiger partial charge in [0.25, 0.3) is 0 Å². The van der Waals surface area contributed by atoms with Crippen LogP contribution < -0.4 is 15.3 Å². The molecule has 24 heavy (non-hydrogen) atoms. The maximum Gasteiger partial charge on any atom is 2.00 e. The van der Waals surface area contributed by atoms with Gasteiger partial charge in [0.2, 0.25) is 0 Å². The summed E-state index contributed by atoms with van der Waals surface area (Å²) >= 11 is 0. The third kappa shape index (κ3) is 16.4. The Balaban J connectivity index is 0. The molecule has 0 aliphatic heterocycles. The Morgan fingerprint density at radius 2 is 1.46 bits per heavy atom. The molecule has 1 N–H and O–H groups in total. The number of carbonyl (C=O) groups excluding carboxylic acids is 2. The third-order valence-electron chi connectivity index (χ3n) is 3.25. The third-order valence-corrected chi connectivity index (χ3v) is 5.11. The Hall–Kier alpha value is -0.484. The monoisotopic (exact) mass is 410 g/mol. The number of aliphatic hydroxyl groups excluding tert-OH is 1. The Bertz CT molecular complexity index is 379. The summed E-state index contributed by atoms with van der Waals surface area (Å²) in [5.41, 5.74) is 0. The molecule has 0 saturated heterocycles. The van der Waals surface area contributed by atoms with Gasteiger partial charge in [-0.15, -0.1) is 0 Å². The Morgan fingerprint density at radius 3 is 1.88 bits per heavy atom. The Kier molecular flexibility index (Phi) is 13.8. The van der Waals surface area contributed by atoms with E-state index in [-0.39, 0.29) is 43.2 Å². The van der Waals surface area contributed by atoms with Gasteiger partial charge < -0.3 is 30.0 Å². The first-order valence-corrected chi connectivity index (χ1v) is 11.4. The molecule has 145 valence electrons. The van der Waals surface area contributed by atoms with Gasteiger partial charge in [-0.2, -0.15) is 0 Å². The van der Waals surface area contributed by atoms with E-state index < -0.39 is 32.8 Å². The molecule has 1 radical (unpaired) electrons. The normalized spacial score (nSPS) is 13.0. The molecular formula is C14H27CuN2O6Si-. The summed E-state index contributed by atoms with van der Waals surface area (Å²) in [4.78, 5) is 24.4. The van der Waals surface area contributed by atoms with Gasteiger partial charge >= 0.3 is 17.1 Å². The SMILES string of the molecule is C[Si](C)(C)CCCN(CCN(CC(=O)[O-])CC([O-])O)CC(=O)[O-].[Cu+2]. The van der Waals surface area contributed by atoms with Crippen molar-refractivity contribution in [1.82, 2.24) is 9.80 Å². The van der Waals surface area contributed by atoms with E-state index in [1.165, 1.54) is 4.90 Å². The van der Waals surface area contributed by atoms with Crippen LogP contribution in [0.3, 0.4) is 0 Å². The topological polar surface area (TPSA) is 130 Å². The van der Waals surface area contributed by atoms with Crippen LogP contribution in [0.2, 0.25) is 25.7 Å². The van der Waals surface area contributed by atoms with Crippen molar-refractivity contribution in [2.24, 2.45) is 0 Å². The van der Waals surface area contributed by atoms with Crippen LogP contribution in [-0.4, -0.2) is 80.5 Å². The number of hydrogen-bond donors (Lipinski definition) is 1. The van der Waals surface area contributed by atoms with E-state index >= 15 is 0 Å². The zero-order valence-corrected chi connectivity index (χ0v) is 16.4. The van der Waals surface area contributed by atoms with Gasteiger partial charge in [-0.25, -0.2) is 0 Å². The van der Waals surface area contributed by atoms with Crippen LogP contribution in [0.15, 0.2) is 0 Å². The minimum absolute atomic E-state index is 0. The van der Waals surface area contributed by atoms with Gasteiger partial charge in [0, 0.05) is 40.8 Å².